The van der Waals surface area contributed by atoms with Crippen LogP contribution >= 0.6 is 11.3 Å². The summed E-state index contributed by atoms with van der Waals surface area (Å²) in [5.74, 6) is -2.33. The standard InChI is InChI=1S/C20H22N4O4S/c1-24(2)13-9-7-12(8-10-13)11-21-23-18(26)17(25)22-19-16(20(27)28-3)14-5-4-6-15(14)29-19/h7-11H,4-6H2,1-3H3,(H,22,25)(H,23,26)/b21-11+. The second kappa shape index (κ2) is 8.87. The smallest absolute Gasteiger partial charge is 0.341 e. The summed E-state index contributed by atoms with van der Waals surface area (Å²) in [6.45, 7) is 0. The minimum atomic E-state index is -0.921. The van der Waals surface area contributed by atoms with Crippen LogP contribution in [0.1, 0.15) is 32.8 Å². The lowest BCUT2D eigenvalue weighted by atomic mass is 10.1. The molecule has 0 atom stereocenters. The minimum absolute atomic E-state index is 0.338. The van der Waals surface area contributed by atoms with E-state index in [4.69, 9.17) is 4.74 Å². The lowest BCUT2D eigenvalue weighted by molar-refractivity contribution is -0.136. The van der Waals surface area contributed by atoms with Gasteiger partial charge in [-0.25, -0.2) is 10.2 Å². The maximum absolute atomic E-state index is 12.2. The summed E-state index contributed by atoms with van der Waals surface area (Å²) >= 11 is 1.31. The Kier molecular flexibility index (Phi) is 6.28. The number of aryl methyl sites for hydroxylation is 1. The summed E-state index contributed by atoms with van der Waals surface area (Å²) in [7, 11) is 5.17. The molecule has 9 heteroatoms. The molecule has 2 amide bonds. The number of hydrazone groups is 1. The Hall–Kier alpha value is -3.20. The van der Waals surface area contributed by atoms with Crippen LogP contribution < -0.4 is 15.6 Å². The average molecular weight is 414 g/mol. The second-order valence-electron chi connectivity index (χ2n) is 6.69. The van der Waals surface area contributed by atoms with E-state index < -0.39 is 17.8 Å². The highest BCUT2D eigenvalue weighted by molar-refractivity contribution is 7.17. The van der Waals surface area contributed by atoms with Crippen molar-refractivity contribution in [3.8, 4) is 0 Å². The monoisotopic (exact) mass is 414 g/mol. The van der Waals surface area contributed by atoms with Crippen LogP contribution in [0.2, 0.25) is 0 Å². The van der Waals surface area contributed by atoms with Crippen LogP contribution in [0.4, 0.5) is 10.7 Å². The number of hydrogen-bond donors (Lipinski definition) is 2. The van der Waals surface area contributed by atoms with Gasteiger partial charge in [-0.3, -0.25) is 9.59 Å². The molecule has 1 heterocycles. The first kappa shape index (κ1) is 20.5. The molecule has 8 nitrogen and oxygen atoms in total. The number of anilines is 2. The number of ether oxygens (including phenoxy) is 1. The van der Waals surface area contributed by atoms with Crippen molar-refractivity contribution in [2.24, 2.45) is 5.10 Å². The molecule has 0 aliphatic heterocycles. The summed E-state index contributed by atoms with van der Waals surface area (Å²) in [5.41, 5.74) is 5.25. The zero-order valence-corrected chi connectivity index (χ0v) is 17.3. The largest absolute Gasteiger partial charge is 0.465 e. The Morgan fingerprint density at radius 1 is 1.14 bits per heavy atom. The Bertz CT molecular complexity index is 964. The number of thiophene rings is 1. The zero-order valence-electron chi connectivity index (χ0n) is 16.4. The normalized spacial score (nSPS) is 12.5. The molecule has 0 radical (unpaired) electrons. The van der Waals surface area contributed by atoms with E-state index in [2.05, 4.69) is 15.8 Å². The van der Waals surface area contributed by atoms with Gasteiger partial charge in [0.1, 0.15) is 5.00 Å². The van der Waals surface area contributed by atoms with Crippen molar-refractivity contribution in [2.75, 3.05) is 31.4 Å². The Balaban J connectivity index is 1.63. The molecule has 1 aliphatic rings. The van der Waals surface area contributed by atoms with Crippen molar-refractivity contribution in [2.45, 2.75) is 19.3 Å². The highest BCUT2D eigenvalue weighted by Crippen LogP contribution is 2.39. The maximum atomic E-state index is 12.2. The van der Waals surface area contributed by atoms with Crippen LogP contribution in [-0.4, -0.2) is 45.2 Å². The highest BCUT2D eigenvalue weighted by Gasteiger charge is 2.29. The molecule has 3 rings (SSSR count). The molecule has 0 saturated heterocycles. The Morgan fingerprint density at radius 3 is 2.52 bits per heavy atom. The van der Waals surface area contributed by atoms with E-state index in [1.54, 1.807) is 0 Å². The van der Waals surface area contributed by atoms with Gasteiger partial charge in [0.05, 0.1) is 18.9 Å². The summed E-state index contributed by atoms with van der Waals surface area (Å²) in [6.07, 6.45) is 4.02. The molecule has 1 aromatic heterocycles. The van der Waals surface area contributed by atoms with E-state index in [9.17, 15) is 14.4 Å². The van der Waals surface area contributed by atoms with Gasteiger partial charge in [0.2, 0.25) is 0 Å². The number of nitrogens with zero attached hydrogens (tertiary/aromatic N) is 2. The number of amides is 2. The van der Waals surface area contributed by atoms with Crippen LogP contribution in [0, 0.1) is 0 Å². The van der Waals surface area contributed by atoms with Gasteiger partial charge in [-0.05, 0) is 42.5 Å². The number of carbonyl (C=O) groups is 3. The van der Waals surface area contributed by atoms with E-state index in [1.165, 1.54) is 24.7 Å². The topological polar surface area (TPSA) is 100 Å². The van der Waals surface area contributed by atoms with E-state index in [0.29, 0.717) is 10.6 Å². The predicted octanol–water partition coefficient (Wildman–Crippen LogP) is 2.18. The van der Waals surface area contributed by atoms with Crippen molar-refractivity contribution >= 4 is 46.0 Å². The van der Waals surface area contributed by atoms with Crippen molar-refractivity contribution in [3.63, 3.8) is 0 Å². The maximum Gasteiger partial charge on any atom is 0.341 e. The lowest BCUT2D eigenvalue weighted by Gasteiger charge is -2.11. The number of benzene rings is 1. The number of methoxy groups -OCH3 is 1. The van der Waals surface area contributed by atoms with Gasteiger partial charge in [-0.15, -0.1) is 11.3 Å². The second-order valence-corrected chi connectivity index (χ2v) is 7.80. The van der Waals surface area contributed by atoms with E-state index in [1.807, 2.05) is 43.3 Å². The summed E-state index contributed by atoms with van der Waals surface area (Å²) in [4.78, 5) is 39.4. The molecule has 0 unspecified atom stereocenters. The number of rotatable bonds is 5. The predicted molar refractivity (Wildman–Crippen MR) is 113 cm³/mol. The van der Waals surface area contributed by atoms with Crippen molar-refractivity contribution in [1.82, 2.24) is 5.43 Å². The van der Waals surface area contributed by atoms with Crippen molar-refractivity contribution in [1.29, 1.82) is 0 Å². The minimum Gasteiger partial charge on any atom is -0.465 e. The van der Waals surface area contributed by atoms with Crippen LogP contribution in [-0.2, 0) is 27.2 Å². The fourth-order valence-electron chi connectivity index (χ4n) is 3.04. The first-order valence-corrected chi connectivity index (χ1v) is 9.87. The third kappa shape index (κ3) is 4.62. The van der Waals surface area contributed by atoms with E-state index in [0.717, 1.165) is 41.0 Å². The molecule has 0 bridgehead atoms. The molecular weight excluding hydrogens is 392 g/mol. The third-order valence-corrected chi connectivity index (χ3v) is 5.74. The molecule has 1 aliphatic carbocycles. The number of nitrogens with one attached hydrogen (secondary N) is 2. The molecular formula is C20H22N4O4S. The fourth-order valence-corrected chi connectivity index (χ4v) is 4.32. The first-order chi connectivity index (χ1) is 13.9. The molecule has 2 N–H and O–H groups in total. The van der Waals surface area contributed by atoms with E-state index >= 15 is 0 Å². The van der Waals surface area contributed by atoms with Gasteiger partial charge < -0.3 is 15.0 Å². The number of fused-ring (bicyclic) bond motifs is 1. The average Bonchev–Trinajstić information content (AvgIpc) is 3.28. The number of esters is 1. The van der Waals surface area contributed by atoms with Crippen LogP contribution in [0.3, 0.4) is 0 Å². The van der Waals surface area contributed by atoms with Crippen molar-refractivity contribution < 1.29 is 19.1 Å². The molecule has 0 spiro atoms. The summed E-state index contributed by atoms with van der Waals surface area (Å²) in [6, 6.07) is 7.53. The first-order valence-electron chi connectivity index (χ1n) is 9.05. The van der Waals surface area contributed by atoms with Gasteiger partial charge in [0.15, 0.2) is 0 Å². The van der Waals surface area contributed by atoms with Gasteiger partial charge in [-0.2, -0.15) is 5.10 Å². The summed E-state index contributed by atoms with van der Waals surface area (Å²) in [5, 5.41) is 6.66. The molecule has 1 aromatic carbocycles. The quantitative estimate of drug-likeness (QED) is 0.338. The lowest BCUT2D eigenvalue weighted by Crippen LogP contribution is -2.32. The van der Waals surface area contributed by atoms with Crippen molar-refractivity contribution in [3.05, 3.63) is 45.8 Å². The molecule has 2 aromatic rings. The molecule has 152 valence electrons. The number of hydrogen-bond acceptors (Lipinski definition) is 7. The molecule has 0 saturated carbocycles. The Morgan fingerprint density at radius 2 is 1.86 bits per heavy atom. The van der Waals surface area contributed by atoms with E-state index in [-0.39, 0.29) is 0 Å². The number of carbonyl (C=O) groups excluding carboxylic acids is 3. The van der Waals surface area contributed by atoms with Gasteiger partial charge >= 0.3 is 17.8 Å². The van der Waals surface area contributed by atoms with Crippen LogP contribution in [0.5, 0.6) is 0 Å². The van der Waals surface area contributed by atoms with Gasteiger partial charge in [-0.1, -0.05) is 12.1 Å². The SMILES string of the molecule is COC(=O)c1c(NC(=O)C(=O)N/N=C/c2ccc(N(C)C)cc2)sc2c1CCC2. The van der Waals surface area contributed by atoms with Gasteiger partial charge in [0.25, 0.3) is 0 Å². The van der Waals surface area contributed by atoms with Crippen LogP contribution in [0.15, 0.2) is 29.4 Å². The van der Waals surface area contributed by atoms with Gasteiger partial charge in [0, 0.05) is 24.7 Å². The Labute approximate surface area is 172 Å². The zero-order chi connectivity index (χ0) is 21.0. The molecule has 0 fully saturated rings. The highest BCUT2D eigenvalue weighted by atomic mass is 32.1. The fraction of sp³-hybridized carbons (Fsp3) is 0.300. The third-order valence-electron chi connectivity index (χ3n) is 4.53. The van der Waals surface area contributed by atoms with Crippen LogP contribution in [0.25, 0.3) is 0 Å². The summed E-state index contributed by atoms with van der Waals surface area (Å²) < 4.78 is 4.83. The molecule has 29 heavy (non-hydrogen) atoms.